The molecule has 4 rings (SSSR count). The number of carbonyl (C=O) groups is 2. The summed E-state index contributed by atoms with van der Waals surface area (Å²) in [7, 11) is 0. The summed E-state index contributed by atoms with van der Waals surface area (Å²) in [5.74, 6) is 8.06. The van der Waals surface area contributed by atoms with Crippen molar-refractivity contribution in [2.45, 2.75) is 78.7 Å². The maximum Gasteiger partial charge on any atom is 0.408 e. The second-order valence-corrected chi connectivity index (χ2v) is 14.4. The van der Waals surface area contributed by atoms with Crippen molar-refractivity contribution in [2.24, 2.45) is 0 Å². The highest BCUT2D eigenvalue weighted by molar-refractivity contribution is 7.13. The van der Waals surface area contributed by atoms with Gasteiger partial charge in [0.05, 0.1) is 32.9 Å². The smallest absolute Gasteiger partial charge is 0.408 e. The van der Waals surface area contributed by atoms with Gasteiger partial charge in [0, 0.05) is 0 Å². The molecule has 0 fully saturated rings. The van der Waals surface area contributed by atoms with Gasteiger partial charge in [-0.05, 0) is 89.5 Å². The van der Waals surface area contributed by atoms with Gasteiger partial charge in [-0.25, -0.2) is 19.6 Å². The summed E-state index contributed by atoms with van der Waals surface area (Å²) in [4.78, 5) is 34.0. The van der Waals surface area contributed by atoms with Crippen LogP contribution in [0.4, 0.5) is 9.59 Å². The third-order valence-electron chi connectivity index (χ3n) is 6.37. The Bertz CT molecular complexity index is 1760. The Morgan fingerprint density at radius 3 is 1.54 bits per heavy atom. The molecule has 11 heteroatoms. The molecule has 0 radical (unpaired) electrons. The molecule has 3 N–H and O–H groups in total. The van der Waals surface area contributed by atoms with Crippen LogP contribution in [0.1, 0.15) is 90.0 Å². The lowest BCUT2D eigenvalue weighted by Gasteiger charge is -2.22. The third kappa shape index (κ3) is 11.8. The molecule has 0 aliphatic heterocycles. The van der Waals surface area contributed by atoms with E-state index in [9.17, 15) is 9.59 Å². The monoisotopic (exact) mass is 686 g/mol. The number of amides is 2. The lowest BCUT2D eigenvalue weighted by Crippen LogP contribution is -2.34. The Balaban J connectivity index is 0.000000261. The normalized spacial score (nSPS) is 12.2. The van der Waals surface area contributed by atoms with Crippen molar-refractivity contribution in [1.29, 1.82) is 0 Å². The van der Waals surface area contributed by atoms with E-state index in [0.717, 1.165) is 32.0 Å². The highest BCUT2D eigenvalue weighted by atomic mass is 32.1. The number of nitrogens with one attached hydrogen (secondary N) is 2. The number of thiazole rings is 2. The number of aliphatic hydroxyl groups is 1. The Morgan fingerprint density at radius 2 is 1.17 bits per heavy atom. The van der Waals surface area contributed by atoms with Gasteiger partial charge in [0.15, 0.2) is 0 Å². The van der Waals surface area contributed by atoms with Gasteiger partial charge in [-0.1, -0.05) is 54.5 Å². The zero-order chi connectivity index (χ0) is 35.5. The topological polar surface area (TPSA) is 123 Å². The van der Waals surface area contributed by atoms with Crippen molar-refractivity contribution >= 4 is 34.9 Å². The molecular formula is C37H42N4O5S2. The number of ether oxygens (including phenoxy) is 2. The Labute approximate surface area is 291 Å². The first kappa shape index (κ1) is 37.8. The van der Waals surface area contributed by atoms with Crippen molar-refractivity contribution in [3.63, 3.8) is 0 Å². The van der Waals surface area contributed by atoms with Gasteiger partial charge in [0.25, 0.3) is 0 Å². The standard InChI is InChI=1S/C19H22N2O3S.C18H20N2O2S/c1-13(21-18(23)24-19(2,3)4)14-7-9-15(10-8-14)17-16(6-5-11-22)20-12-25-17;1-6-15-16(23-11-19-15)14-9-7-13(8-10-14)12(2)20-17(21)22-18(3,4)5/h7-10,12-13,22H,11H2,1-4H3,(H,21,23);1,7-12H,2-5H3,(H,20,21)/t13-;12-/m00/s1. The van der Waals surface area contributed by atoms with E-state index in [1.807, 2.05) is 104 Å². The van der Waals surface area contributed by atoms with Crippen molar-refractivity contribution in [3.05, 3.63) is 82.1 Å². The number of terminal acetylenes is 1. The van der Waals surface area contributed by atoms with Crippen LogP contribution in [-0.2, 0) is 9.47 Å². The van der Waals surface area contributed by atoms with E-state index in [4.69, 9.17) is 21.0 Å². The molecule has 4 aromatic rings. The van der Waals surface area contributed by atoms with Crippen LogP contribution >= 0.6 is 22.7 Å². The molecule has 0 unspecified atom stereocenters. The van der Waals surface area contributed by atoms with Crippen LogP contribution in [0.5, 0.6) is 0 Å². The molecule has 0 bridgehead atoms. The molecule has 2 amide bonds. The number of nitrogens with zero attached hydrogens (tertiary/aromatic N) is 2. The number of rotatable bonds is 6. The van der Waals surface area contributed by atoms with E-state index in [1.54, 1.807) is 11.0 Å². The predicted octanol–water partition coefficient (Wildman–Crippen LogP) is 8.12. The fourth-order valence-electron chi connectivity index (χ4n) is 4.20. The van der Waals surface area contributed by atoms with Gasteiger partial charge in [-0.2, -0.15) is 0 Å². The van der Waals surface area contributed by atoms with Gasteiger partial charge in [-0.15, -0.1) is 29.1 Å². The first-order chi connectivity index (χ1) is 22.6. The van der Waals surface area contributed by atoms with Gasteiger partial charge in [0.2, 0.25) is 0 Å². The summed E-state index contributed by atoms with van der Waals surface area (Å²) >= 11 is 3.01. The van der Waals surface area contributed by atoms with Crippen LogP contribution in [0, 0.1) is 24.2 Å². The second kappa shape index (κ2) is 16.9. The van der Waals surface area contributed by atoms with Crippen LogP contribution < -0.4 is 10.6 Å². The van der Waals surface area contributed by atoms with E-state index in [0.29, 0.717) is 11.4 Å². The lowest BCUT2D eigenvalue weighted by molar-refractivity contribution is 0.0496. The minimum atomic E-state index is -0.522. The summed E-state index contributed by atoms with van der Waals surface area (Å²) in [5, 5.41) is 14.5. The molecule has 0 aliphatic rings. The van der Waals surface area contributed by atoms with E-state index in [2.05, 4.69) is 38.4 Å². The molecule has 48 heavy (non-hydrogen) atoms. The maximum atomic E-state index is 11.9. The van der Waals surface area contributed by atoms with Crippen molar-refractivity contribution < 1.29 is 24.2 Å². The van der Waals surface area contributed by atoms with E-state index < -0.39 is 23.4 Å². The van der Waals surface area contributed by atoms with Crippen LogP contribution in [0.2, 0.25) is 0 Å². The molecular weight excluding hydrogens is 645 g/mol. The molecule has 9 nitrogen and oxygen atoms in total. The quantitative estimate of drug-likeness (QED) is 0.175. The minimum absolute atomic E-state index is 0.146. The SMILES string of the molecule is C#Cc1ncsc1-c1ccc([C@H](C)NC(=O)OC(C)(C)C)cc1.C[C@H](NC(=O)OC(C)(C)C)c1ccc(-c2scnc2C#CCO)cc1. The molecule has 2 atom stereocenters. The van der Waals surface area contributed by atoms with Gasteiger partial charge in [-0.3, -0.25) is 0 Å². The molecule has 0 saturated carbocycles. The van der Waals surface area contributed by atoms with Gasteiger partial charge in [0.1, 0.15) is 29.2 Å². The largest absolute Gasteiger partial charge is 0.444 e. The Hall–Kier alpha value is -4.68. The fourth-order valence-corrected chi connectivity index (χ4v) is 5.71. The zero-order valence-corrected chi connectivity index (χ0v) is 30.1. The van der Waals surface area contributed by atoms with Crippen LogP contribution in [0.15, 0.2) is 59.6 Å². The van der Waals surface area contributed by atoms with Crippen molar-refractivity contribution in [2.75, 3.05) is 6.61 Å². The van der Waals surface area contributed by atoms with E-state index in [1.165, 1.54) is 22.7 Å². The zero-order valence-electron chi connectivity index (χ0n) is 28.5. The molecule has 0 aliphatic carbocycles. The fraction of sp³-hybridized carbons (Fsp3) is 0.351. The molecule has 0 saturated heterocycles. The highest BCUT2D eigenvalue weighted by Gasteiger charge is 2.20. The summed E-state index contributed by atoms with van der Waals surface area (Å²) in [6.45, 7) is 14.6. The highest BCUT2D eigenvalue weighted by Crippen LogP contribution is 2.29. The van der Waals surface area contributed by atoms with E-state index in [-0.39, 0.29) is 18.7 Å². The van der Waals surface area contributed by atoms with Crippen molar-refractivity contribution in [3.8, 4) is 45.1 Å². The van der Waals surface area contributed by atoms with Crippen LogP contribution in [-0.4, -0.2) is 45.1 Å². The van der Waals surface area contributed by atoms with Gasteiger partial charge >= 0.3 is 12.2 Å². The number of hydrogen-bond acceptors (Lipinski definition) is 9. The second-order valence-electron chi connectivity index (χ2n) is 12.6. The van der Waals surface area contributed by atoms with Crippen LogP contribution in [0.3, 0.4) is 0 Å². The summed E-state index contributed by atoms with van der Waals surface area (Å²) in [6.07, 6.45) is 4.59. The maximum absolute atomic E-state index is 11.9. The van der Waals surface area contributed by atoms with Crippen LogP contribution in [0.25, 0.3) is 20.9 Å². The molecule has 252 valence electrons. The lowest BCUT2D eigenvalue weighted by atomic mass is 10.0. The molecule has 2 aromatic heterocycles. The first-order valence-electron chi connectivity index (χ1n) is 15.2. The number of aromatic nitrogens is 2. The number of benzene rings is 2. The predicted molar refractivity (Wildman–Crippen MR) is 193 cm³/mol. The number of aliphatic hydroxyl groups excluding tert-OH is 1. The van der Waals surface area contributed by atoms with Crippen molar-refractivity contribution in [1.82, 2.24) is 20.6 Å². The molecule has 2 heterocycles. The number of hydrogen-bond donors (Lipinski definition) is 3. The van der Waals surface area contributed by atoms with Gasteiger partial charge < -0.3 is 25.2 Å². The Morgan fingerprint density at radius 1 is 0.771 bits per heavy atom. The molecule has 0 spiro atoms. The first-order valence-corrected chi connectivity index (χ1v) is 17.0. The number of alkyl carbamates (subject to hydrolysis) is 2. The molecule has 2 aromatic carbocycles. The third-order valence-corrected chi connectivity index (χ3v) is 8.12. The number of carbonyl (C=O) groups excluding carboxylic acids is 2. The summed E-state index contributed by atoms with van der Waals surface area (Å²) in [5.41, 5.74) is 7.74. The summed E-state index contributed by atoms with van der Waals surface area (Å²) < 4.78 is 10.5. The van der Waals surface area contributed by atoms with E-state index >= 15 is 0 Å². The average molecular weight is 687 g/mol. The summed E-state index contributed by atoms with van der Waals surface area (Å²) in [6, 6.07) is 15.5. The Kier molecular flexibility index (Phi) is 13.3. The average Bonchev–Trinajstić information content (AvgIpc) is 3.68. The minimum Gasteiger partial charge on any atom is -0.444 e.